The molecule has 1 aromatic carbocycles. The highest BCUT2D eigenvalue weighted by molar-refractivity contribution is 5.74. The summed E-state index contributed by atoms with van der Waals surface area (Å²) in [6, 6.07) is 8.60. The number of benzene rings is 1. The first-order valence-corrected chi connectivity index (χ1v) is 9.94. The summed E-state index contributed by atoms with van der Waals surface area (Å²) < 4.78 is 7.85. The summed E-state index contributed by atoms with van der Waals surface area (Å²) in [7, 11) is 3.83. The van der Waals surface area contributed by atoms with Gasteiger partial charge in [0, 0.05) is 57.5 Å². The van der Waals surface area contributed by atoms with Crippen LogP contribution in [0.3, 0.4) is 0 Å². The predicted octanol–water partition coefficient (Wildman–Crippen LogP) is 3.57. The highest BCUT2D eigenvalue weighted by atomic mass is 16.5. The van der Waals surface area contributed by atoms with E-state index in [-0.39, 0.29) is 23.6 Å². The molecule has 6 nitrogen and oxygen atoms in total. The SMILES string of the molecule is Cc1ccc(C(C)(C)CN(C)C(=O)NC2CCOC(c3nccn3C)C2)cc1. The number of ether oxygens (including phenoxy) is 1. The van der Waals surface area contributed by atoms with E-state index >= 15 is 0 Å². The summed E-state index contributed by atoms with van der Waals surface area (Å²) in [5.41, 5.74) is 2.36. The van der Waals surface area contributed by atoms with Crippen molar-refractivity contribution in [2.45, 2.75) is 51.2 Å². The minimum absolute atomic E-state index is 0.0364. The molecule has 28 heavy (non-hydrogen) atoms. The maximum Gasteiger partial charge on any atom is 0.317 e. The summed E-state index contributed by atoms with van der Waals surface area (Å²) in [6.45, 7) is 7.71. The van der Waals surface area contributed by atoms with E-state index in [0.717, 1.165) is 18.7 Å². The lowest BCUT2D eigenvalue weighted by Gasteiger charge is -2.34. The second kappa shape index (κ2) is 8.35. The topological polar surface area (TPSA) is 59.4 Å². The Morgan fingerprint density at radius 3 is 2.71 bits per heavy atom. The molecule has 0 spiro atoms. The van der Waals surface area contributed by atoms with Gasteiger partial charge in [-0.25, -0.2) is 9.78 Å². The van der Waals surface area contributed by atoms with Gasteiger partial charge in [0.15, 0.2) is 0 Å². The molecule has 2 atom stereocenters. The van der Waals surface area contributed by atoms with Crippen LogP contribution in [0, 0.1) is 6.92 Å². The van der Waals surface area contributed by atoms with Crippen LogP contribution in [0.15, 0.2) is 36.7 Å². The Labute approximate surface area is 167 Å². The van der Waals surface area contributed by atoms with Gasteiger partial charge in [0.05, 0.1) is 0 Å². The van der Waals surface area contributed by atoms with Gasteiger partial charge in [0.2, 0.25) is 0 Å². The Kier molecular flexibility index (Phi) is 6.08. The molecule has 1 aliphatic rings. The second-order valence-electron chi connectivity index (χ2n) is 8.53. The normalized spacial score (nSPS) is 20.0. The molecule has 0 aliphatic carbocycles. The number of carbonyl (C=O) groups excluding carboxylic acids is 1. The van der Waals surface area contributed by atoms with Crippen molar-refractivity contribution in [2.24, 2.45) is 7.05 Å². The molecule has 1 fully saturated rings. The predicted molar refractivity (Wildman–Crippen MR) is 110 cm³/mol. The van der Waals surface area contributed by atoms with Crippen molar-refractivity contribution in [3.63, 3.8) is 0 Å². The van der Waals surface area contributed by atoms with E-state index in [1.807, 2.05) is 24.9 Å². The van der Waals surface area contributed by atoms with E-state index < -0.39 is 0 Å². The van der Waals surface area contributed by atoms with Crippen molar-refractivity contribution in [2.75, 3.05) is 20.2 Å². The van der Waals surface area contributed by atoms with E-state index in [0.29, 0.717) is 13.2 Å². The molecular weight excluding hydrogens is 352 g/mol. The van der Waals surface area contributed by atoms with Gasteiger partial charge in [-0.15, -0.1) is 0 Å². The molecule has 1 aromatic heterocycles. The zero-order valence-electron chi connectivity index (χ0n) is 17.6. The molecule has 2 amide bonds. The maximum absolute atomic E-state index is 12.8. The fraction of sp³-hybridized carbons (Fsp3) is 0.545. The molecule has 1 saturated heterocycles. The molecular formula is C22H32N4O2. The highest BCUT2D eigenvalue weighted by Gasteiger charge is 2.30. The van der Waals surface area contributed by atoms with Crippen molar-refractivity contribution in [1.29, 1.82) is 0 Å². The summed E-state index contributed by atoms with van der Waals surface area (Å²) >= 11 is 0. The molecule has 0 radical (unpaired) electrons. The van der Waals surface area contributed by atoms with E-state index in [9.17, 15) is 4.79 Å². The number of imidazole rings is 1. The second-order valence-corrected chi connectivity index (χ2v) is 8.53. The van der Waals surface area contributed by atoms with Gasteiger partial charge in [-0.1, -0.05) is 43.7 Å². The molecule has 2 aromatic rings. The Morgan fingerprint density at radius 1 is 1.36 bits per heavy atom. The average Bonchev–Trinajstić information content (AvgIpc) is 3.08. The monoisotopic (exact) mass is 384 g/mol. The number of amides is 2. The zero-order chi connectivity index (χ0) is 20.3. The largest absolute Gasteiger partial charge is 0.370 e. The van der Waals surface area contributed by atoms with Gasteiger partial charge < -0.3 is 19.5 Å². The number of carbonyl (C=O) groups is 1. The average molecular weight is 385 g/mol. The van der Waals surface area contributed by atoms with E-state index in [1.165, 1.54) is 11.1 Å². The van der Waals surface area contributed by atoms with Crippen LogP contribution in [0.5, 0.6) is 0 Å². The summed E-state index contributed by atoms with van der Waals surface area (Å²) in [5.74, 6) is 0.910. The number of aryl methyl sites for hydroxylation is 2. The van der Waals surface area contributed by atoms with Crippen LogP contribution < -0.4 is 5.32 Å². The van der Waals surface area contributed by atoms with E-state index in [2.05, 4.69) is 55.3 Å². The molecule has 2 heterocycles. The quantitative estimate of drug-likeness (QED) is 0.857. The summed E-state index contributed by atoms with van der Waals surface area (Å²) in [5, 5.41) is 3.18. The maximum atomic E-state index is 12.8. The van der Waals surface area contributed by atoms with Crippen LogP contribution in [0.1, 0.15) is 49.7 Å². The lowest BCUT2D eigenvalue weighted by molar-refractivity contribution is -0.00503. The first kappa shape index (κ1) is 20.4. The van der Waals surface area contributed by atoms with Gasteiger partial charge in [-0.2, -0.15) is 0 Å². The molecule has 1 aliphatic heterocycles. The van der Waals surface area contributed by atoms with Gasteiger partial charge in [-0.05, 0) is 18.9 Å². The van der Waals surface area contributed by atoms with Crippen LogP contribution in [-0.2, 0) is 17.2 Å². The van der Waals surface area contributed by atoms with E-state index in [4.69, 9.17) is 4.74 Å². The first-order chi connectivity index (χ1) is 13.3. The third-order valence-corrected chi connectivity index (χ3v) is 5.57. The Bertz CT molecular complexity index is 797. The van der Waals surface area contributed by atoms with Gasteiger partial charge in [-0.3, -0.25) is 0 Å². The van der Waals surface area contributed by atoms with Crippen molar-refractivity contribution in [1.82, 2.24) is 19.8 Å². The smallest absolute Gasteiger partial charge is 0.317 e. The molecule has 152 valence electrons. The summed E-state index contributed by atoms with van der Waals surface area (Å²) in [4.78, 5) is 19.0. The molecule has 0 bridgehead atoms. The molecule has 3 rings (SSSR count). The van der Waals surface area contributed by atoms with Crippen molar-refractivity contribution in [3.8, 4) is 0 Å². The van der Waals surface area contributed by atoms with Crippen LogP contribution in [-0.4, -0.2) is 46.7 Å². The van der Waals surface area contributed by atoms with E-state index in [1.54, 1.807) is 11.1 Å². The lowest BCUT2D eigenvalue weighted by Crippen LogP contribution is -2.48. The van der Waals surface area contributed by atoms with Crippen LogP contribution in [0.2, 0.25) is 0 Å². The Balaban J connectivity index is 1.57. The van der Waals surface area contributed by atoms with Crippen molar-refractivity contribution < 1.29 is 9.53 Å². The van der Waals surface area contributed by atoms with Crippen molar-refractivity contribution in [3.05, 3.63) is 53.6 Å². The third kappa shape index (κ3) is 4.73. The number of urea groups is 1. The number of likely N-dealkylation sites (N-methyl/N-ethyl adjacent to an activating group) is 1. The minimum Gasteiger partial charge on any atom is -0.370 e. The standard InChI is InChI=1S/C22H32N4O2/c1-16-6-8-17(9-7-16)22(2,3)15-26(5)21(27)24-18-10-13-28-19(14-18)20-23-11-12-25(20)4/h6-9,11-12,18-19H,10,13-15H2,1-5H3,(H,24,27). The van der Waals surface area contributed by atoms with Crippen molar-refractivity contribution >= 4 is 6.03 Å². The highest BCUT2D eigenvalue weighted by Crippen LogP contribution is 2.27. The first-order valence-electron chi connectivity index (χ1n) is 9.94. The number of nitrogens with zero attached hydrogens (tertiary/aromatic N) is 3. The number of hydrogen-bond acceptors (Lipinski definition) is 3. The van der Waals surface area contributed by atoms with Crippen LogP contribution in [0.4, 0.5) is 4.79 Å². The van der Waals surface area contributed by atoms with Crippen LogP contribution >= 0.6 is 0 Å². The Hall–Kier alpha value is -2.34. The number of aromatic nitrogens is 2. The third-order valence-electron chi connectivity index (χ3n) is 5.57. The Morgan fingerprint density at radius 2 is 2.07 bits per heavy atom. The lowest BCUT2D eigenvalue weighted by atomic mass is 9.84. The molecule has 2 unspecified atom stereocenters. The minimum atomic E-state index is -0.120. The van der Waals surface area contributed by atoms with Crippen LogP contribution in [0.25, 0.3) is 0 Å². The zero-order valence-corrected chi connectivity index (χ0v) is 17.6. The number of rotatable bonds is 5. The molecule has 0 saturated carbocycles. The van der Waals surface area contributed by atoms with Gasteiger partial charge in [0.25, 0.3) is 0 Å². The van der Waals surface area contributed by atoms with Gasteiger partial charge >= 0.3 is 6.03 Å². The number of hydrogen-bond donors (Lipinski definition) is 1. The summed E-state index contributed by atoms with van der Waals surface area (Å²) in [6.07, 6.45) is 5.19. The fourth-order valence-electron chi connectivity index (χ4n) is 3.84. The van der Waals surface area contributed by atoms with Gasteiger partial charge in [0.1, 0.15) is 11.9 Å². The fourth-order valence-corrected chi connectivity index (χ4v) is 3.84. The molecule has 1 N–H and O–H groups in total. The number of nitrogens with one attached hydrogen (secondary N) is 1. The molecule has 6 heteroatoms.